The fourth-order valence-corrected chi connectivity index (χ4v) is 1.78. The van der Waals surface area contributed by atoms with Crippen molar-refractivity contribution in [2.45, 2.75) is 39.6 Å². The van der Waals surface area contributed by atoms with Crippen molar-refractivity contribution in [2.24, 2.45) is 0 Å². The highest BCUT2D eigenvalue weighted by Crippen LogP contribution is 2.27. The van der Waals surface area contributed by atoms with Gasteiger partial charge in [-0.1, -0.05) is 25.1 Å². The van der Waals surface area contributed by atoms with Crippen molar-refractivity contribution >= 4 is 0 Å². The molecule has 0 saturated carbocycles. The lowest BCUT2D eigenvalue weighted by Gasteiger charge is -2.20. The molecule has 0 aliphatic rings. The summed E-state index contributed by atoms with van der Waals surface area (Å²) in [5.74, 6) is 0.682. The number of aliphatic hydroxyl groups is 1. The van der Waals surface area contributed by atoms with Gasteiger partial charge in [0.25, 0.3) is 0 Å². The van der Waals surface area contributed by atoms with E-state index in [1.807, 2.05) is 45.0 Å². The monoisotopic (exact) mass is 268 g/mol. The summed E-state index contributed by atoms with van der Waals surface area (Å²) >= 11 is 0. The van der Waals surface area contributed by atoms with Crippen LogP contribution in [0, 0.1) is 0 Å². The molecule has 1 rings (SSSR count). The summed E-state index contributed by atoms with van der Waals surface area (Å²) in [7, 11) is 0. The number of hydrogen-bond donors (Lipinski definition) is 1. The molecule has 0 unspecified atom stereocenters. The lowest BCUT2D eigenvalue weighted by atomic mass is 10.1. The maximum Gasteiger partial charge on any atom is 0.191 e. The molecule has 0 bridgehead atoms. The molecular weight excluding hydrogens is 244 g/mol. The first kappa shape index (κ1) is 16.0. The first-order valence-corrected chi connectivity index (χ1v) is 6.85. The van der Waals surface area contributed by atoms with Crippen LogP contribution in [0.5, 0.6) is 5.75 Å². The van der Waals surface area contributed by atoms with Crippen LogP contribution in [0.2, 0.25) is 0 Å². The molecule has 108 valence electrons. The molecule has 0 aliphatic heterocycles. The Labute approximate surface area is 115 Å². The van der Waals surface area contributed by atoms with Gasteiger partial charge in [-0.05, 0) is 26.3 Å². The minimum atomic E-state index is -0.506. The summed E-state index contributed by atoms with van der Waals surface area (Å²) in [6.07, 6.45) is -0.226. The van der Waals surface area contributed by atoms with E-state index in [1.165, 1.54) is 0 Å². The Morgan fingerprint density at radius 3 is 2.26 bits per heavy atom. The van der Waals surface area contributed by atoms with Crippen molar-refractivity contribution < 1.29 is 19.3 Å². The van der Waals surface area contributed by atoms with Crippen LogP contribution in [0.15, 0.2) is 24.3 Å². The molecule has 0 radical (unpaired) electrons. The predicted molar refractivity (Wildman–Crippen MR) is 74.2 cm³/mol. The van der Waals surface area contributed by atoms with E-state index in [4.69, 9.17) is 14.2 Å². The Hall–Kier alpha value is -1.10. The fraction of sp³-hybridized carbons (Fsp3) is 0.600. The molecule has 1 aromatic rings. The minimum Gasteiger partial charge on any atom is -0.488 e. The van der Waals surface area contributed by atoms with Gasteiger partial charge in [0.1, 0.15) is 12.4 Å². The van der Waals surface area contributed by atoms with E-state index in [9.17, 15) is 5.11 Å². The van der Waals surface area contributed by atoms with E-state index in [0.717, 1.165) is 5.56 Å². The van der Waals surface area contributed by atoms with Crippen molar-refractivity contribution in [3.63, 3.8) is 0 Å². The molecular formula is C15H24O4. The van der Waals surface area contributed by atoms with Crippen LogP contribution < -0.4 is 4.74 Å². The van der Waals surface area contributed by atoms with Gasteiger partial charge in [0, 0.05) is 18.8 Å². The third-order valence-electron chi connectivity index (χ3n) is 2.74. The molecule has 0 aromatic heterocycles. The van der Waals surface area contributed by atoms with E-state index >= 15 is 0 Å². The molecule has 1 aromatic carbocycles. The third-order valence-corrected chi connectivity index (χ3v) is 2.74. The second kappa shape index (κ2) is 8.91. The van der Waals surface area contributed by atoms with Crippen LogP contribution in [0.3, 0.4) is 0 Å². The molecule has 1 atom stereocenters. The minimum absolute atomic E-state index is 0.315. The highest BCUT2D eigenvalue weighted by Gasteiger charge is 2.14. The molecule has 0 fully saturated rings. The Bertz CT molecular complexity index is 348. The first-order chi connectivity index (χ1) is 9.22. The number of aliphatic hydroxyl groups excluding tert-OH is 1. The second-order valence-corrected chi connectivity index (χ2v) is 4.11. The SMILES string of the molecule is CCOC(COc1ccccc1[C@@H](O)CC)OCC. The van der Waals surface area contributed by atoms with Crippen LogP contribution in [0.1, 0.15) is 38.9 Å². The Morgan fingerprint density at radius 2 is 1.68 bits per heavy atom. The smallest absolute Gasteiger partial charge is 0.191 e. The third kappa shape index (κ3) is 5.19. The normalized spacial score (nSPS) is 12.7. The average Bonchev–Trinajstić information content (AvgIpc) is 2.44. The van der Waals surface area contributed by atoms with Crippen molar-refractivity contribution in [1.82, 2.24) is 0 Å². The molecule has 4 nitrogen and oxygen atoms in total. The topological polar surface area (TPSA) is 47.9 Å². The maximum absolute atomic E-state index is 9.94. The van der Waals surface area contributed by atoms with Crippen molar-refractivity contribution in [3.05, 3.63) is 29.8 Å². The second-order valence-electron chi connectivity index (χ2n) is 4.11. The largest absolute Gasteiger partial charge is 0.488 e. The molecule has 0 aliphatic carbocycles. The summed E-state index contributed by atoms with van der Waals surface area (Å²) in [5, 5.41) is 9.94. The van der Waals surface area contributed by atoms with Crippen LogP contribution in [0.25, 0.3) is 0 Å². The van der Waals surface area contributed by atoms with Gasteiger partial charge in [0.2, 0.25) is 0 Å². The molecule has 0 saturated heterocycles. The zero-order valence-corrected chi connectivity index (χ0v) is 12.0. The number of para-hydroxylation sites is 1. The van der Waals surface area contributed by atoms with Gasteiger partial charge in [0.05, 0.1) is 6.10 Å². The Kier molecular flexibility index (Phi) is 7.48. The van der Waals surface area contributed by atoms with Gasteiger partial charge in [-0.3, -0.25) is 0 Å². The van der Waals surface area contributed by atoms with Crippen LogP contribution >= 0.6 is 0 Å². The highest BCUT2D eigenvalue weighted by atomic mass is 16.7. The molecule has 0 heterocycles. The molecule has 19 heavy (non-hydrogen) atoms. The summed E-state index contributed by atoms with van der Waals surface area (Å²) in [4.78, 5) is 0. The summed E-state index contributed by atoms with van der Waals surface area (Å²) in [6.45, 7) is 7.24. The Morgan fingerprint density at radius 1 is 1.05 bits per heavy atom. The zero-order valence-electron chi connectivity index (χ0n) is 12.0. The van der Waals surface area contributed by atoms with E-state index in [-0.39, 0.29) is 6.29 Å². The van der Waals surface area contributed by atoms with E-state index in [0.29, 0.717) is 32.0 Å². The lowest BCUT2D eigenvalue weighted by molar-refractivity contribution is -0.152. The average molecular weight is 268 g/mol. The first-order valence-electron chi connectivity index (χ1n) is 6.85. The van der Waals surface area contributed by atoms with Gasteiger partial charge in [-0.25, -0.2) is 0 Å². The molecule has 4 heteroatoms. The summed E-state index contributed by atoms with van der Waals surface area (Å²) in [6, 6.07) is 7.50. The van der Waals surface area contributed by atoms with Gasteiger partial charge >= 0.3 is 0 Å². The van der Waals surface area contributed by atoms with Crippen LogP contribution in [-0.2, 0) is 9.47 Å². The summed E-state index contributed by atoms with van der Waals surface area (Å²) in [5.41, 5.74) is 0.803. The van der Waals surface area contributed by atoms with Crippen molar-refractivity contribution in [1.29, 1.82) is 0 Å². The van der Waals surface area contributed by atoms with E-state index < -0.39 is 6.10 Å². The summed E-state index contributed by atoms with van der Waals surface area (Å²) < 4.78 is 16.6. The zero-order chi connectivity index (χ0) is 14.1. The van der Waals surface area contributed by atoms with E-state index in [2.05, 4.69) is 0 Å². The van der Waals surface area contributed by atoms with Crippen LogP contribution in [-0.4, -0.2) is 31.2 Å². The van der Waals surface area contributed by atoms with Gasteiger partial charge in [-0.2, -0.15) is 0 Å². The van der Waals surface area contributed by atoms with Gasteiger partial charge in [0.15, 0.2) is 6.29 Å². The number of hydrogen-bond acceptors (Lipinski definition) is 4. The van der Waals surface area contributed by atoms with E-state index in [1.54, 1.807) is 0 Å². The van der Waals surface area contributed by atoms with Crippen molar-refractivity contribution in [3.8, 4) is 5.75 Å². The predicted octanol–water partition coefficient (Wildman–Crippen LogP) is 2.91. The fourth-order valence-electron chi connectivity index (χ4n) is 1.78. The number of ether oxygens (including phenoxy) is 3. The molecule has 1 N–H and O–H groups in total. The Balaban J connectivity index is 2.65. The number of rotatable bonds is 9. The maximum atomic E-state index is 9.94. The quantitative estimate of drug-likeness (QED) is 0.700. The van der Waals surface area contributed by atoms with Crippen molar-refractivity contribution in [2.75, 3.05) is 19.8 Å². The van der Waals surface area contributed by atoms with Gasteiger partial charge in [-0.15, -0.1) is 0 Å². The molecule has 0 spiro atoms. The van der Waals surface area contributed by atoms with Crippen LogP contribution in [0.4, 0.5) is 0 Å². The van der Waals surface area contributed by atoms with Gasteiger partial charge < -0.3 is 19.3 Å². The standard InChI is InChI=1S/C15H24O4/c1-4-13(16)12-9-7-8-10-14(12)19-11-15(17-5-2)18-6-3/h7-10,13,15-16H,4-6,11H2,1-3H3/t13-/m0/s1. The molecule has 0 amide bonds. The lowest BCUT2D eigenvalue weighted by Crippen LogP contribution is -2.25. The number of benzene rings is 1. The highest BCUT2D eigenvalue weighted by molar-refractivity contribution is 5.34.